The molecule has 0 unspecified atom stereocenters. The number of hydrogen-bond donors (Lipinski definition) is 2. The van der Waals surface area contributed by atoms with E-state index in [1.54, 1.807) is 48.5 Å². The Hall–Kier alpha value is -2.72. The largest absolute Gasteiger partial charge is 0.372 e. The van der Waals surface area contributed by atoms with E-state index in [4.69, 9.17) is 0 Å². The van der Waals surface area contributed by atoms with Gasteiger partial charge in [0.05, 0.1) is 0 Å². The quantitative estimate of drug-likeness (QED) is 0.496. The molecule has 0 saturated heterocycles. The van der Waals surface area contributed by atoms with Gasteiger partial charge in [-0.3, -0.25) is 4.79 Å². The Morgan fingerprint density at radius 1 is 1.00 bits per heavy atom. The third-order valence-corrected chi connectivity index (χ3v) is 5.47. The van der Waals surface area contributed by atoms with Crippen LogP contribution in [-0.4, -0.2) is 17.2 Å². The summed E-state index contributed by atoms with van der Waals surface area (Å²) in [6.45, 7) is 0. The molecule has 0 heterocycles. The van der Waals surface area contributed by atoms with E-state index in [1.165, 1.54) is 6.42 Å². The number of amides is 1. The Kier molecular flexibility index (Phi) is 4.43. The van der Waals surface area contributed by atoms with Gasteiger partial charge in [0.25, 0.3) is 5.91 Å². The lowest BCUT2D eigenvalue weighted by Crippen LogP contribution is -2.43. The third kappa shape index (κ3) is 2.97. The lowest BCUT2D eigenvalue weighted by Gasteiger charge is -2.27. The summed E-state index contributed by atoms with van der Waals surface area (Å²) in [5.74, 6) is 0.997. The number of nitrogens with one attached hydrogen (secondary N) is 1. The van der Waals surface area contributed by atoms with Gasteiger partial charge in [0.2, 0.25) is 0 Å². The fourth-order valence-corrected chi connectivity index (χ4v) is 4.05. The zero-order valence-electron chi connectivity index (χ0n) is 14.5. The number of nitrogens with zero attached hydrogens (tertiary/aromatic N) is 1. The molecule has 2 aliphatic carbocycles. The van der Waals surface area contributed by atoms with Crippen LogP contribution in [0.4, 0.5) is 0 Å². The minimum Gasteiger partial charge on any atom is -0.372 e. The second kappa shape index (κ2) is 6.89. The normalized spacial score (nSPS) is 24.3. The zero-order chi connectivity index (χ0) is 18.0. The van der Waals surface area contributed by atoms with Crippen LogP contribution < -0.4 is 5.43 Å². The molecule has 26 heavy (non-hydrogen) atoms. The Bertz CT molecular complexity index is 790. The number of fused-ring (bicyclic) bond motifs is 2. The number of carbonyl (C=O) groups excluding carboxylic acids is 1. The number of hydrazone groups is 1. The standard InChI is InChI=1S/C22H22N2O2/c25-21(24-23-15-18-14-16-11-12-17(18)13-16)22(26,19-7-3-1-4-8-19)20-9-5-2-6-10-20/h1-12,15-18,26H,13-14H2,(H,24,25)/b23-15-/t16-,17+,18-/m1/s1. The van der Waals surface area contributed by atoms with Gasteiger partial charge < -0.3 is 5.11 Å². The van der Waals surface area contributed by atoms with E-state index in [2.05, 4.69) is 22.7 Å². The highest BCUT2D eigenvalue weighted by atomic mass is 16.3. The van der Waals surface area contributed by atoms with E-state index in [0.29, 0.717) is 28.9 Å². The first-order valence-corrected chi connectivity index (χ1v) is 9.03. The first-order chi connectivity index (χ1) is 12.7. The van der Waals surface area contributed by atoms with Crippen molar-refractivity contribution in [2.75, 3.05) is 0 Å². The van der Waals surface area contributed by atoms with Gasteiger partial charge in [-0.15, -0.1) is 0 Å². The zero-order valence-corrected chi connectivity index (χ0v) is 14.5. The molecule has 2 aromatic rings. The average molecular weight is 346 g/mol. The maximum atomic E-state index is 12.9. The highest BCUT2D eigenvalue weighted by Crippen LogP contribution is 2.42. The summed E-state index contributed by atoms with van der Waals surface area (Å²) in [6.07, 6.45) is 8.61. The van der Waals surface area contributed by atoms with E-state index >= 15 is 0 Å². The molecule has 1 amide bonds. The van der Waals surface area contributed by atoms with Crippen molar-refractivity contribution in [2.45, 2.75) is 18.4 Å². The number of benzene rings is 2. The van der Waals surface area contributed by atoms with Crippen molar-refractivity contribution in [3.05, 3.63) is 83.9 Å². The first-order valence-electron chi connectivity index (χ1n) is 9.03. The van der Waals surface area contributed by atoms with Gasteiger partial charge in [-0.2, -0.15) is 5.10 Å². The maximum Gasteiger partial charge on any atom is 0.281 e. The molecular formula is C22H22N2O2. The fraction of sp³-hybridized carbons (Fsp3) is 0.273. The number of rotatable bonds is 5. The number of allylic oxidation sites excluding steroid dienone is 2. The maximum absolute atomic E-state index is 12.9. The molecule has 0 radical (unpaired) electrons. The lowest BCUT2D eigenvalue weighted by molar-refractivity contribution is -0.136. The van der Waals surface area contributed by atoms with Crippen LogP contribution in [0.5, 0.6) is 0 Å². The van der Waals surface area contributed by atoms with Crippen LogP contribution in [0.15, 0.2) is 77.9 Å². The lowest BCUT2D eigenvalue weighted by atomic mass is 9.85. The van der Waals surface area contributed by atoms with Gasteiger partial charge in [-0.25, -0.2) is 5.43 Å². The summed E-state index contributed by atoms with van der Waals surface area (Å²) in [5, 5.41) is 15.5. The molecule has 0 aromatic heterocycles. The molecule has 0 aliphatic heterocycles. The Morgan fingerprint density at radius 3 is 2.12 bits per heavy atom. The molecule has 2 N–H and O–H groups in total. The molecule has 2 aliphatic rings. The second-order valence-corrected chi connectivity index (χ2v) is 7.11. The van der Waals surface area contributed by atoms with Crippen LogP contribution in [0.3, 0.4) is 0 Å². The highest BCUT2D eigenvalue weighted by Gasteiger charge is 2.40. The van der Waals surface area contributed by atoms with E-state index in [9.17, 15) is 9.90 Å². The van der Waals surface area contributed by atoms with Gasteiger partial charge in [0.1, 0.15) is 0 Å². The molecule has 132 valence electrons. The third-order valence-electron chi connectivity index (χ3n) is 5.47. The van der Waals surface area contributed by atoms with E-state index in [0.717, 1.165) is 6.42 Å². The van der Waals surface area contributed by atoms with Crippen LogP contribution in [0.25, 0.3) is 0 Å². The molecule has 2 aromatic carbocycles. The average Bonchev–Trinajstić information content (AvgIpc) is 3.32. The first kappa shape index (κ1) is 16.7. The summed E-state index contributed by atoms with van der Waals surface area (Å²) in [4.78, 5) is 12.9. The predicted octanol–water partition coefficient (Wildman–Crippen LogP) is 3.24. The van der Waals surface area contributed by atoms with Crippen LogP contribution in [0.1, 0.15) is 24.0 Å². The summed E-state index contributed by atoms with van der Waals surface area (Å²) in [7, 11) is 0. The topological polar surface area (TPSA) is 61.7 Å². The minimum absolute atomic E-state index is 0.367. The molecule has 1 saturated carbocycles. The summed E-state index contributed by atoms with van der Waals surface area (Å²) in [6, 6.07) is 17.9. The van der Waals surface area contributed by atoms with Crippen molar-refractivity contribution < 1.29 is 9.90 Å². The molecule has 4 heteroatoms. The highest BCUT2D eigenvalue weighted by molar-refractivity contribution is 5.90. The molecule has 0 spiro atoms. The monoisotopic (exact) mass is 346 g/mol. The van der Waals surface area contributed by atoms with Crippen molar-refractivity contribution in [3.63, 3.8) is 0 Å². The fourth-order valence-electron chi connectivity index (χ4n) is 4.05. The van der Waals surface area contributed by atoms with Gasteiger partial charge in [0, 0.05) is 12.1 Å². The van der Waals surface area contributed by atoms with Crippen molar-refractivity contribution in [1.82, 2.24) is 5.43 Å². The number of hydrogen-bond acceptors (Lipinski definition) is 3. The molecule has 3 atom stereocenters. The van der Waals surface area contributed by atoms with Crippen molar-refractivity contribution in [3.8, 4) is 0 Å². The summed E-state index contributed by atoms with van der Waals surface area (Å²) in [5.41, 5.74) is 1.81. The van der Waals surface area contributed by atoms with E-state index < -0.39 is 11.5 Å². The van der Waals surface area contributed by atoms with Crippen LogP contribution in [0.2, 0.25) is 0 Å². The van der Waals surface area contributed by atoms with Crippen LogP contribution in [0, 0.1) is 17.8 Å². The number of aliphatic hydroxyl groups is 1. The van der Waals surface area contributed by atoms with Gasteiger partial charge >= 0.3 is 0 Å². The summed E-state index contributed by atoms with van der Waals surface area (Å²) < 4.78 is 0. The van der Waals surface area contributed by atoms with E-state index in [1.807, 2.05) is 18.3 Å². The minimum atomic E-state index is -1.78. The van der Waals surface area contributed by atoms with Crippen molar-refractivity contribution >= 4 is 12.1 Å². The summed E-state index contributed by atoms with van der Waals surface area (Å²) >= 11 is 0. The SMILES string of the molecule is O=C(N/N=C\[C@H]1C[C@@H]2C=C[C@H]1C2)C(O)(c1ccccc1)c1ccccc1. The Balaban J connectivity index is 1.56. The van der Waals surface area contributed by atoms with E-state index in [-0.39, 0.29) is 0 Å². The smallest absolute Gasteiger partial charge is 0.281 e. The van der Waals surface area contributed by atoms with Crippen molar-refractivity contribution in [2.24, 2.45) is 22.9 Å². The molecule has 2 bridgehead atoms. The van der Waals surface area contributed by atoms with Gasteiger partial charge in [0.15, 0.2) is 5.60 Å². The van der Waals surface area contributed by atoms with Gasteiger partial charge in [-0.1, -0.05) is 72.8 Å². The molecular weight excluding hydrogens is 324 g/mol. The Labute approximate surface area is 153 Å². The van der Waals surface area contributed by atoms with Gasteiger partial charge in [-0.05, 0) is 35.8 Å². The second-order valence-electron chi connectivity index (χ2n) is 7.11. The van der Waals surface area contributed by atoms with Crippen molar-refractivity contribution in [1.29, 1.82) is 0 Å². The molecule has 1 fully saturated rings. The molecule has 4 rings (SSSR count). The predicted molar refractivity (Wildman–Crippen MR) is 101 cm³/mol. The van der Waals surface area contributed by atoms with Crippen LogP contribution >= 0.6 is 0 Å². The van der Waals surface area contributed by atoms with Crippen LogP contribution in [-0.2, 0) is 10.4 Å². The Morgan fingerprint density at radius 2 is 1.62 bits per heavy atom. The molecule has 4 nitrogen and oxygen atoms in total. The number of carbonyl (C=O) groups is 1.